The molecule has 8 heteroatoms. The number of H-pyrrole nitrogens is 1. The van der Waals surface area contributed by atoms with Crippen molar-refractivity contribution in [2.24, 2.45) is 0 Å². The standard InChI is InChI=1S/C21H25N3O5/c1-11-17(13(3)25)12(2)22-18(11)19(27)29-10-16(26)24-15-9-7-6-8-14(15)23-20(28)21(24,4)5/h6-9,13,22,25H,10H2,1-5H3,(H,23,28)/t13-/m1/s1. The van der Waals surface area contributed by atoms with Gasteiger partial charge in [-0.15, -0.1) is 0 Å². The number of nitrogens with zero attached hydrogens (tertiary/aromatic N) is 1. The summed E-state index contributed by atoms with van der Waals surface area (Å²) in [6.45, 7) is 7.81. The predicted octanol–water partition coefficient (Wildman–Crippen LogP) is 2.61. The van der Waals surface area contributed by atoms with Gasteiger partial charge in [0.05, 0.1) is 17.5 Å². The highest BCUT2D eigenvalue weighted by Crippen LogP contribution is 2.36. The first-order valence-electron chi connectivity index (χ1n) is 9.33. The SMILES string of the molecule is Cc1[nH]c(C(=O)OCC(=O)N2c3ccccc3NC(=O)C2(C)C)c(C)c1[C@@H](C)O. The molecular formula is C21H25N3O5. The van der Waals surface area contributed by atoms with E-state index >= 15 is 0 Å². The number of nitrogens with one attached hydrogen (secondary N) is 2. The Labute approximate surface area is 168 Å². The van der Waals surface area contributed by atoms with Crippen LogP contribution in [0.5, 0.6) is 0 Å². The number of aromatic nitrogens is 1. The molecule has 0 radical (unpaired) electrons. The van der Waals surface area contributed by atoms with E-state index in [1.165, 1.54) is 4.90 Å². The number of benzene rings is 1. The summed E-state index contributed by atoms with van der Waals surface area (Å²) in [4.78, 5) is 42.2. The van der Waals surface area contributed by atoms with Crippen LogP contribution in [-0.2, 0) is 14.3 Å². The quantitative estimate of drug-likeness (QED) is 0.684. The number of hydrogen-bond donors (Lipinski definition) is 3. The third kappa shape index (κ3) is 3.51. The molecule has 1 aliphatic rings. The van der Waals surface area contributed by atoms with E-state index in [9.17, 15) is 19.5 Å². The van der Waals surface area contributed by atoms with Gasteiger partial charge in [-0.3, -0.25) is 14.5 Å². The van der Waals surface area contributed by atoms with E-state index in [2.05, 4.69) is 10.3 Å². The molecule has 2 heterocycles. The van der Waals surface area contributed by atoms with Gasteiger partial charge < -0.3 is 20.1 Å². The molecule has 2 amide bonds. The molecule has 29 heavy (non-hydrogen) atoms. The number of esters is 1. The van der Waals surface area contributed by atoms with Crippen molar-refractivity contribution in [2.45, 2.75) is 46.3 Å². The van der Waals surface area contributed by atoms with Crippen LogP contribution < -0.4 is 10.2 Å². The first-order valence-corrected chi connectivity index (χ1v) is 9.33. The number of hydrogen-bond acceptors (Lipinski definition) is 5. The molecule has 0 saturated heterocycles. The molecular weight excluding hydrogens is 374 g/mol. The minimum absolute atomic E-state index is 0.197. The van der Waals surface area contributed by atoms with Gasteiger partial charge in [-0.25, -0.2) is 4.79 Å². The van der Waals surface area contributed by atoms with E-state index in [-0.39, 0.29) is 11.6 Å². The predicted molar refractivity (Wildman–Crippen MR) is 108 cm³/mol. The monoisotopic (exact) mass is 399 g/mol. The summed E-state index contributed by atoms with van der Waals surface area (Å²) in [5, 5.41) is 12.7. The number of ether oxygens (including phenoxy) is 1. The summed E-state index contributed by atoms with van der Waals surface area (Å²) in [5.74, 6) is -1.53. The van der Waals surface area contributed by atoms with Crippen LogP contribution in [0.25, 0.3) is 0 Å². The van der Waals surface area contributed by atoms with E-state index in [0.29, 0.717) is 28.2 Å². The Balaban J connectivity index is 1.81. The maximum absolute atomic E-state index is 12.9. The lowest BCUT2D eigenvalue weighted by molar-refractivity contribution is -0.128. The summed E-state index contributed by atoms with van der Waals surface area (Å²) in [5.41, 5.74) is 2.00. The Morgan fingerprint density at radius 3 is 2.52 bits per heavy atom. The molecule has 1 aromatic heterocycles. The van der Waals surface area contributed by atoms with Crippen molar-refractivity contribution in [1.82, 2.24) is 4.98 Å². The lowest BCUT2D eigenvalue weighted by Crippen LogP contribution is -2.59. The zero-order chi connectivity index (χ0) is 21.5. The molecule has 1 atom stereocenters. The topological polar surface area (TPSA) is 112 Å². The largest absolute Gasteiger partial charge is 0.451 e. The molecule has 0 unspecified atom stereocenters. The number of aromatic amines is 1. The maximum Gasteiger partial charge on any atom is 0.355 e. The highest BCUT2D eigenvalue weighted by molar-refractivity contribution is 6.14. The number of aliphatic hydroxyl groups is 1. The van der Waals surface area contributed by atoms with Crippen LogP contribution >= 0.6 is 0 Å². The number of carbonyl (C=O) groups is 3. The maximum atomic E-state index is 12.9. The molecule has 8 nitrogen and oxygen atoms in total. The van der Waals surface area contributed by atoms with Crippen molar-refractivity contribution < 1.29 is 24.2 Å². The molecule has 3 rings (SSSR count). The summed E-state index contributed by atoms with van der Waals surface area (Å²) < 4.78 is 5.24. The van der Waals surface area contributed by atoms with E-state index in [4.69, 9.17) is 4.74 Å². The minimum atomic E-state index is -1.14. The van der Waals surface area contributed by atoms with Gasteiger partial charge in [0.2, 0.25) is 5.91 Å². The average Bonchev–Trinajstić information content (AvgIpc) is 2.94. The second-order valence-corrected chi connectivity index (χ2v) is 7.68. The Bertz CT molecular complexity index is 990. The Kier molecular flexibility index (Phi) is 5.23. The van der Waals surface area contributed by atoms with Gasteiger partial charge >= 0.3 is 5.97 Å². The number of rotatable bonds is 4. The van der Waals surface area contributed by atoms with Crippen molar-refractivity contribution in [1.29, 1.82) is 0 Å². The number of aliphatic hydroxyl groups excluding tert-OH is 1. The van der Waals surface area contributed by atoms with Crippen LogP contribution in [0.3, 0.4) is 0 Å². The van der Waals surface area contributed by atoms with Crippen molar-refractivity contribution >= 4 is 29.2 Å². The Morgan fingerprint density at radius 2 is 1.90 bits per heavy atom. The second kappa shape index (κ2) is 7.36. The molecule has 2 aromatic rings. The van der Waals surface area contributed by atoms with E-state index in [1.54, 1.807) is 58.9 Å². The summed E-state index contributed by atoms with van der Waals surface area (Å²) in [6.07, 6.45) is -0.737. The van der Waals surface area contributed by atoms with E-state index in [0.717, 1.165) is 0 Å². The average molecular weight is 399 g/mol. The normalized spacial score (nSPS) is 16.1. The third-order valence-electron chi connectivity index (χ3n) is 5.20. The zero-order valence-corrected chi connectivity index (χ0v) is 17.1. The molecule has 0 saturated carbocycles. The molecule has 1 aliphatic heterocycles. The molecule has 3 N–H and O–H groups in total. The lowest BCUT2D eigenvalue weighted by atomic mass is 9.96. The molecule has 0 bridgehead atoms. The van der Waals surface area contributed by atoms with Gasteiger partial charge in [-0.2, -0.15) is 0 Å². The highest BCUT2D eigenvalue weighted by Gasteiger charge is 2.43. The summed E-state index contributed by atoms with van der Waals surface area (Å²) in [7, 11) is 0. The van der Waals surface area contributed by atoms with Gasteiger partial charge in [0.15, 0.2) is 6.61 Å². The van der Waals surface area contributed by atoms with Crippen LogP contribution in [0.2, 0.25) is 0 Å². The van der Waals surface area contributed by atoms with Gasteiger partial charge in [0.1, 0.15) is 11.2 Å². The zero-order valence-electron chi connectivity index (χ0n) is 17.1. The fourth-order valence-electron chi connectivity index (χ4n) is 3.76. The first-order chi connectivity index (χ1) is 13.6. The molecule has 154 valence electrons. The lowest BCUT2D eigenvalue weighted by Gasteiger charge is -2.41. The number of carbonyl (C=O) groups excluding carboxylic acids is 3. The highest BCUT2D eigenvalue weighted by atomic mass is 16.5. The van der Waals surface area contributed by atoms with Gasteiger partial charge in [0.25, 0.3) is 5.91 Å². The summed E-state index contributed by atoms with van der Waals surface area (Å²) >= 11 is 0. The molecule has 0 fully saturated rings. The van der Waals surface area contributed by atoms with Crippen molar-refractivity contribution in [3.63, 3.8) is 0 Å². The van der Waals surface area contributed by atoms with Crippen LogP contribution in [0.15, 0.2) is 24.3 Å². The van der Waals surface area contributed by atoms with Crippen LogP contribution in [-0.4, -0.2) is 40.0 Å². The van der Waals surface area contributed by atoms with Crippen LogP contribution in [0.1, 0.15) is 54.2 Å². The number of amides is 2. The number of anilines is 2. The van der Waals surface area contributed by atoms with Crippen LogP contribution in [0.4, 0.5) is 11.4 Å². The summed E-state index contributed by atoms with van der Waals surface area (Å²) in [6, 6.07) is 6.96. The number of aryl methyl sites for hydroxylation is 1. The van der Waals surface area contributed by atoms with Crippen molar-refractivity contribution in [3.8, 4) is 0 Å². The first kappa shape index (κ1) is 20.6. The van der Waals surface area contributed by atoms with Crippen molar-refractivity contribution in [2.75, 3.05) is 16.8 Å². The van der Waals surface area contributed by atoms with Gasteiger partial charge in [-0.05, 0) is 52.3 Å². The molecule has 0 aliphatic carbocycles. The Morgan fingerprint density at radius 1 is 1.24 bits per heavy atom. The third-order valence-corrected chi connectivity index (χ3v) is 5.20. The van der Waals surface area contributed by atoms with E-state index in [1.807, 2.05) is 0 Å². The van der Waals surface area contributed by atoms with E-state index < -0.39 is 30.1 Å². The van der Waals surface area contributed by atoms with Crippen LogP contribution in [0, 0.1) is 13.8 Å². The molecule has 1 aromatic carbocycles. The second-order valence-electron chi connectivity index (χ2n) is 7.68. The minimum Gasteiger partial charge on any atom is -0.451 e. The smallest absolute Gasteiger partial charge is 0.355 e. The van der Waals surface area contributed by atoms with Crippen molar-refractivity contribution in [3.05, 3.63) is 46.8 Å². The number of fused-ring (bicyclic) bond motifs is 1. The van der Waals surface area contributed by atoms with Gasteiger partial charge in [-0.1, -0.05) is 12.1 Å². The Hall–Kier alpha value is -3.13. The van der Waals surface area contributed by atoms with Gasteiger partial charge in [0, 0.05) is 11.3 Å². The fourth-order valence-corrected chi connectivity index (χ4v) is 3.76. The fraction of sp³-hybridized carbons (Fsp3) is 0.381. The molecule has 0 spiro atoms. The number of para-hydroxylation sites is 2.